The average molecular weight is 316 g/mol. The minimum atomic E-state index is -0.275. The van der Waals surface area contributed by atoms with Gasteiger partial charge in [0.05, 0.1) is 24.5 Å². The molecule has 7 heteroatoms. The predicted octanol–water partition coefficient (Wildman–Crippen LogP) is 0.822. The third-order valence-electron chi connectivity index (χ3n) is 4.03. The van der Waals surface area contributed by atoms with Gasteiger partial charge in [0.15, 0.2) is 6.61 Å². The summed E-state index contributed by atoms with van der Waals surface area (Å²) in [6, 6.07) is 3.35. The molecule has 1 saturated carbocycles. The Bertz CT molecular complexity index is 652. The maximum Gasteiger partial charge on any atom is 0.258 e. The molecule has 1 atom stereocenters. The van der Waals surface area contributed by atoms with Crippen molar-refractivity contribution in [3.05, 3.63) is 42.5 Å². The number of aliphatic hydroxyl groups excluding tert-OH is 1. The number of ether oxygens (including phenoxy) is 1. The van der Waals surface area contributed by atoms with E-state index in [2.05, 4.69) is 15.4 Å². The number of carbonyl (C=O) groups is 1. The molecule has 3 rings (SSSR count). The van der Waals surface area contributed by atoms with Gasteiger partial charge in [-0.2, -0.15) is 5.10 Å². The van der Waals surface area contributed by atoms with E-state index >= 15 is 0 Å². The third kappa shape index (κ3) is 3.87. The molecule has 1 aliphatic carbocycles. The normalized spacial score (nSPS) is 21.3. The van der Waals surface area contributed by atoms with Gasteiger partial charge >= 0.3 is 0 Å². The molecule has 0 bridgehead atoms. The number of hydrogen-bond donors (Lipinski definition) is 2. The Kier molecular flexibility index (Phi) is 4.57. The van der Waals surface area contributed by atoms with Crippen molar-refractivity contribution in [2.24, 2.45) is 13.0 Å². The fraction of sp³-hybridized carbons (Fsp3) is 0.438. The molecule has 0 radical (unpaired) electrons. The number of carbonyl (C=O) groups excluding carboxylic acids is 1. The van der Waals surface area contributed by atoms with Gasteiger partial charge in [-0.1, -0.05) is 0 Å². The zero-order chi connectivity index (χ0) is 16.2. The Balaban J connectivity index is 1.60. The molecule has 2 heterocycles. The van der Waals surface area contributed by atoms with E-state index in [4.69, 9.17) is 4.74 Å². The van der Waals surface area contributed by atoms with Gasteiger partial charge in [-0.25, -0.2) is 0 Å². The number of aliphatic hydroxyl groups is 1. The van der Waals surface area contributed by atoms with Crippen molar-refractivity contribution in [1.29, 1.82) is 0 Å². The molecule has 0 saturated heterocycles. The summed E-state index contributed by atoms with van der Waals surface area (Å²) < 4.78 is 7.12. The second-order valence-corrected chi connectivity index (χ2v) is 5.86. The lowest BCUT2D eigenvalue weighted by Gasteiger charge is -2.37. The van der Waals surface area contributed by atoms with Crippen molar-refractivity contribution in [3.63, 3.8) is 0 Å². The van der Waals surface area contributed by atoms with E-state index in [-0.39, 0.29) is 30.6 Å². The summed E-state index contributed by atoms with van der Waals surface area (Å²) >= 11 is 0. The lowest BCUT2D eigenvalue weighted by molar-refractivity contribution is -0.125. The molecule has 0 aliphatic heterocycles. The van der Waals surface area contributed by atoms with Crippen molar-refractivity contribution in [2.45, 2.75) is 25.0 Å². The lowest BCUT2D eigenvalue weighted by Crippen LogP contribution is -2.42. The highest BCUT2D eigenvalue weighted by molar-refractivity contribution is 5.78. The van der Waals surface area contributed by atoms with Crippen molar-refractivity contribution < 1.29 is 14.6 Å². The topological polar surface area (TPSA) is 89.3 Å². The number of hydrogen-bond acceptors (Lipinski definition) is 5. The van der Waals surface area contributed by atoms with Gasteiger partial charge < -0.3 is 15.2 Å². The van der Waals surface area contributed by atoms with Crippen molar-refractivity contribution in [1.82, 2.24) is 20.1 Å². The zero-order valence-corrected chi connectivity index (χ0v) is 12.9. The van der Waals surface area contributed by atoms with Gasteiger partial charge in [-0.3, -0.25) is 14.5 Å². The fourth-order valence-corrected chi connectivity index (χ4v) is 2.77. The Labute approximate surface area is 134 Å². The van der Waals surface area contributed by atoms with E-state index in [9.17, 15) is 9.90 Å². The van der Waals surface area contributed by atoms with Crippen molar-refractivity contribution in [2.75, 3.05) is 6.61 Å². The molecule has 0 aromatic carbocycles. The van der Waals surface area contributed by atoms with Crippen LogP contribution in [0.5, 0.6) is 5.75 Å². The summed E-state index contributed by atoms with van der Waals surface area (Å²) in [5, 5.41) is 16.7. The number of aryl methyl sites for hydroxylation is 1. The van der Waals surface area contributed by atoms with E-state index in [0.717, 1.165) is 5.56 Å². The van der Waals surface area contributed by atoms with Crippen LogP contribution in [0.3, 0.4) is 0 Å². The van der Waals surface area contributed by atoms with Crippen LogP contribution in [-0.4, -0.2) is 38.5 Å². The maximum atomic E-state index is 12.2. The minimum absolute atomic E-state index is 0.0717. The van der Waals surface area contributed by atoms with E-state index in [1.165, 1.54) is 0 Å². The third-order valence-corrected chi connectivity index (χ3v) is 4.03. The Morgan fingerprint density at radius 2 is 2.35 bits per heavy atom. The van der Waals surface area contributed by atoms with Crippen LogP contribution in [0, 0.1) is 5.92 Å². The summed E-state index contributed by atoms with van der Waals surface area (Å²) in [5.41, 5.74) is 0.944. The summed E-state index contributed by atoms with van der Waals surface area (Å²) in [4.78, 5) is 16.1. The first-order valence-electron chi connectivity index (χ1n) is 7.60. The molecule has 0 spiro atoms. The van der Waals surface area contributed by atoms with Crippen LogP contribution in [0.25, 0.3) is 0 Å². The van der Waals surface area contributed by atoms with Crippen molar-refractivity contribution >= 4 is 5.91 Å². The van der Waals surface area contributed by atoms with Crippen LogP contribution < -0.4 is 10.1 Å². The van der Waals surface area contributed by atoms with Gasteiger partial charge in [0.2, 0.25) is 0 Å². The van der Waals surface area contributed by atoms with Gasteiger partial charge in [0, 0.05) is 25.0 Å². The standard InChI is InChI=1S/C16H20N4O3/c1-20-9-12(7-18-20)16(11-5-13(21)6-11)19-15(22)10-23-14-3-2-4-17-8-14/h2-4,7-9,11,13,16,21H,5-6,10H2,1H3,(H,19,22)/t11?,13?,16-/m1/s1. The molecule has 2 N–H and O–H groups in total. The molecular weight excluding hydrogens is 296 g/mol. The Morgan fingerprint density at radius 1 is 1.52 bits per heavy atom. The number of rotatable bonds is 6. The van der Waals surface area contributed by atoms with Gasteiger partial charge in [-0.15, -0.1) is 0 Å². The first-order valence-corrected chi connectivity index (χ1v) is 7.60. The lowest BCUT2D eigenvalue weighted by atomic mass is 9.75. The van der Waals surface area contributed by atoms with Crippen LogP contribution in [0.2, 0.25) is 0 Å². The summed E-state index contributed by atoms with van der Waals surface area (Å²) in [6.07, 6.45) is 7.94. The predicted molar refractivity (Wildman–Crippen MR) is 82.6 cm³/mol. The Morgan fingerprint density at radius 3 is 2.96 bits per heavy atom. The van der Waals surface area contributed by atoms with E-state index in [1.54, 1.807) is 35.4 Å². The molecule has 2 aromatic rings. The first-order chi connectivity index (χ1) is 11.1. The smallest absolute Gasteiger partial charge is 0.258 e. The summed E-state index contributed by atoms with van der Waals surface area (Å²) in [5.74, 6) is 0.570. The number of nitrogens with one attached hydrogen (secondary N) is 1. The molecular formula is C16H20N4O3. The molecule has 1 amide bonds. The van der Waals surface area contributed by atoms with Gasteiger partial charge in [0.1, 0.15) is 5.75 Å². The summed E-state index contributed by atoms with van der Waals surface area (Å²) in [6.45, 7) is -0.0717. The molecule has 23 heavy (non-hydrogen) atoms. The number of amides is 1. The van der Waals surface area contributed by atoms with Crippen LogP contribution in [0.1, 0.15) is 24.4 Å². The van der Waals surface area contributed by atoms with E-state index in [1.807, 2.05) is 13.2 Å². The number of nitrogens with zero attached hydrogens (tertiary/aromatic N) is 3. The maximum absolute atomic E-state index is 12.2. The van der Waals surface area contributed by atoms with Crippen LogP contribution in [0.15, 0.2) is 36.9 Å². The second-order valence-electron chi connectivity index (χ2n) is 5.86. The first kappa shape index (κ1) is 15.5. The second kappa shape index (κ2) is 6.78. The SMILES string of the molecule is Cn1cc([C@H](NC(=O)COc2cccnc2)C2CC(O)C2)cn1. The fourth-order valence-electron chi connectivity index (χ4n) is 2.77. The minimum Gasteiger partial charge on any atom is -0.482 e. The molecule has 0 unspecified atom stereocenters. The van der Waals surface area contributed by atoms with Crippen LogP contribution in [-0.2, 0) is 11.8 Å². The van der Waals surface area contributed by atoms with Crippen LogP contribution >= 0.6 is 0 Å². The molecule has 7 nitrogen and oxygen atoms in total. The number of pyridine rings is 1. The quantitative estimate of drug-likeness (QED) is 0.824. The van der Waals surface area contributed by atoms with Gasteiger partial charge in [0.25, 0.3) is 5.91 Å². The highest BCUT2D eigenvalue weighted by atomic mass is 16.5. The number of aromatic nitrogens is 3. The molecule has 1 fully saturated rings. The highest BCUT2D eigenvalue weighted by Gasteiger charge is 2.36. The monoisotopic (exact) mass is 316 g/mol. The molecule has 2 aromatic heterocycles. The highest BCUT2D eigenvalue weighted by Crippen LogP contribution is 2.37. The Hall–Kier alpha value is -2.41. The molecule has 1 aliphatic rings. The van der Waals surface area contributed by atoms with Crippen LogP contribution in [0.4, 0.5) is 0 Å². The summed E-state index contributed by atoms with van der Waals surface area (Å²) in [7, 11) is 1.84. The van der Waals surface area contributed by atoms with Crippen molar-refractivity contribution in [3.8, 4) is 5.75 Å². The average Bonchev–Trinajstić information content (AvgIpc) is 2.95. The largest absolute Gasteiger partial charge is 0.482 e. The van der Waals surface area contributed by atoms with Gasteiger partial charge in [-0.05, 0) is 30.9 Å². The van der Waals surface area contributed by atoms with E-state index < -0.39 is 0 Å². The zero-order valence-electron chi connectivity index (χ0n) is 12.9. The van der Waals surface area contributed by atoms with E-state index in [0.29, 0.717) is 18.6 Å². The molecule has 122 valence electrons.